The molecule has 1 fully saturated rings. The largest absolute Gasteiger partial charge is 0.465 e. The van der Waals surface area contributed by atoms with Crippen LogP contribution in [-0.4, -0.2) is 36.3 Å². The van der Waals surface area contributed by atoms with Crippen molar-refractivity contribution < 1.29 is 14.0 Å². The van der Waals surface area contributed by atoms with Crippen molar-refractivity contribution in [1.82, 2.24) is 10.2 Å². The molecular weight excluding hydrogens is 354 g/mol. The number of furan rings is 1. The molecule has 6 nitrogen and oxygen atoms in total. The second-order valence-corrected chi connectivity index (χ2v) is 7.09. The first-order valence-corrected chi connectivity index (χ1v) is 9.65. The molecule has 148 valence electrons. The lowest BCUT2D eigenvalue weighted by atomic mass is 10.1. The van der Waals surface area contributed by atoms with Crippen molar-refractivity contribution >= 4 is 23.6 Å². The molecule has 0 bridgehead atoms. The highest BCUT2D eigenvalue weighted by atomic mass is 16.3. The zero-order chi connectivity index (χ0) is 19.9. The molecule has 1 aliphatic rings. The van der Waals surface area contributed by atoms with Gasteiger partial charge < -0.3 is 15.1 Å². The predicted molar refractivity (Wildman–Crippen MR) is 110 cm³/mol. The number of rotatable bonds is 7. The van der Waals surface area contributed by atoms with Gasteiger partial charge in [0.15, 0.2) is 0 Å². The average Bonchev–Trinajstić information content (AvgIpc) is 3.33. The zero-order valence-corrected chi connectivity index (χ0v) is 16.4. The van der Waals surface area contributed by atoms with Crippen LogP contribution >= 0.6 is 0 Å². The molecule has 6 heteroatoms. The van der Waals surface area contributed by atoms with Gasteiger partial charge >= 0.3 is 0 Å². The predicted octanol–water partition coefficient (Wildman–Crippen LogP) is 3.51. The second-order valence-electron chi connectivity index (χ2n) is 7.09. The molecule has 0 spiro atoms. The van der Waals surface area contributed by atoms with Gasteiger partial charge in [-0.3, -0.25) is 14.5 Å². The molecule has 0 unspecified atom stereocenters. The molecule has 2 amide bonds. The summed E-state index contributed by atoms with van der Waals surface area (Å²) < 4.78 is 5.82. The van der Waals surface area contributed by atoms with Crippen molar-refractivity contribution in [1.29, 1.82) is 0 Å². The quantitative estimate of drug-likeness (QED) is 0.720. The fraction of sp³-hybridized carbons (Fsp3) is 0.364. The summed E-state index contributed by atoms with van der Waals surface area (Å²) in [6.07, 6.45) is 5.65. The maximum atomic E-state index is 12.3. The van der Waals surface area contributed by atoms with Gasteiger partial charge in [-0.1, -0.05) is 12.1 Å². The number of carbonyl (C=O) groups is 2. The van der Waals surface area contributed by atoms with Crippen molar-refractivity contribution in [2.24, 2.45) is 0 Å². The highest BCUT2D eigenvalue weighted by molar-refractivity contribution is 5.92. The summed E-state index contributed by atoms with van der Waals surface area (Å²) in [5, 5.41) is 5.71. The summed E-state index contributed by atoms with van der Waals surface area (Å²) in [6, 6.07) is 11.3. The third kappa shape index (κ3) is 5.57. The Kier molecular flexibility index (Phi) is 6.66. The van der Waals surface area contributed by atoms with E-state index in [0.29, 0.717) is 6.54 Å². The fourth-order valence-electron chi connectivity index (χ4n) is 3.40. The molecule has 28 heavy (non-hydrogen) atoms. The number of hydrogen-bond donors (Lipinski definition) is 2. The number of aryl methyl sites for hydroxylation is 1. The molecule has 1 aliphatic heterocycles. The van der Waals surface area contributed by atoms with Gasteiger partial charge in [-0.25, -0.2) is 0 Å². The van der Waals surface area contributed by atoms with E-state index in [9.17, 15) is 9.59 Å². The molecule has 0 aliphatic carbocycles. The monoisotopic (exact) mass is 381 g/mol. The van der Waals surface area contributed by atoms with Gasteiger partial charge in [0, 0.05) is 25.2 Å². The lowest BCUT2D eigenvalue weighted by molar-refractivity contribution is -0.117. The van der Waals surface area contributed by atoms with Gasteiger partial charge in [0.05, 0.1) is 6.04 Å². The smallest absolute Gasteiger partial charge is 0.244 e. The highest BCUT2D eigenvalue weighted by Gasteiger charge is 2.26. The number of amides is 2. The van der Waals surface area contributed by atoms with Crippen LogP contribution in [0.5, 0.6) is 0 Å². The van der Waals surface area contributed by atoms with E-state index in [4.69, 9.17) is 4.42 Å². The van der Waals surface area contributed by atoms with Crippen LogP contribution in [0.25, 0.3) is 6.08 Å². The Morgan fingerprint density at radius 3 is 2.46 bits per heavy atom. The van der Waals surface area contributed by atoms with Crippen LogP contribution in [0.1, 0.15) is 42.9 Å². The molecule has 0 saturated carbocycles. The molecule has 3 rings (SSSR count). The van der Waals surface area contributed by atoms with Crippen molar-refractivity contribution in [2.45, 2.75) is 32.7 Å². The number of benzene rings is 1. The first-order chi connectivity index (χ1) is 13.5. The summed E-state index contributed by atoms with van der Waals surface area (Å²) in [5.74, 6) is 1.53. The Hall–Kier alpha value is -2.86. The Labute approximate surface area is 165 Å². The van der Waals surface area contributed by atoms with Crippen molar-refractivity contribution in [3.8, 4) is 0 Å². The molecule has 1 saturated heterocycles. The van der Waals surface area contributed by atoms with Crippen LogP contribution in [0.15, 0.2) is 46.9 Å². The van der Waals surface area contributed by atoms with E-state index in [1.807, 2.05) is 43.3 Å². The van der Waals surface area contributed by atoms with Gasteiger partial charge in [-0.2, -0.15) is 0 Å². The zero-order valence-electron chi connectivity index (χ0n) is 16.4. The van der Waals surface area contributed by atoms with E-state index < -0.39 is 0 Å². The maximum absolute atomic E-state index is 12.3. The normalized spacial score (nSPS) is 15.6. The van der Waals surface area contributed by atoms with Gasteiger partial charge in [0.25, 0.3) is 0 Å². The highest BCUT2D eigenvalue weighted by Crippen LogP contribution is 2.26. The van der Waals surface area contributed by atoms with Gasteiger partial charge in [0.2, 0.25) is 11.8 Å². The number of nitrogens with one attached hydrogen (secondary N) is 2. The molecule has 0 radical (unpaired) electrons. The van der Waals surface area contributed by atoms with Crippen molar-refractivity contribution in [3.63, 3.8) is 0 Å². The maximum Gasteiger partial charge on any atom is 0.244 e. The molecule has 1 aromatic heterocycles. The van der Waals surface area contributed by atoms with Gasteiger partial charge in [0.1, 0.15) is 11.5 Å². The van der Waals surface area contributed by atoms with Crippen LogP contribution < -0.4 is 10.6 Å². The SMILES string of the molecule is CC(=O)Nc1ccc(/C=C/C(=O)NC[C@@H](c2ccc(C)o2)N2CCCC2)cc1. The lowest BCUT2D eigenvalue weighted by Crippen LogP contribution is -2.36. The van der Waals surface area contributed by atoms with Crippen molar-refractivity contribution in [2.75, 3.05) is 25.0 Å². The number of anilines is 1. The topological polar surface area (TPSA) is 74.6 Å². The fourth-order valence-corrected chi connectivity index (χ4v) is 3.40. The van der Waals surface area contributed by atoms with Gasteiger partial charge in [-0.15, -0.1) is 0 Å². The summed E-state index contributed by atoms with van der Waals surface area (Å²) in [7, 11) is 0. The number of hydrogen-bond acceptors (Lipinski definition) is 4. The number of carbonyl (C=O) groups excluding carboxylic acids is 2. The third-order valence-electron chi connectivity index (χ3n) is 4.80. The minimum absolute atomic E-state index is 0.0606. The Balaban J connectivity index is 1.56. The number of nitrogens with zero attached hydrogens (tertiary/aromatic N) is 1. The molecular formula is C22H27N3O3. The minimum atomic E-state index is -0.140. The summed E-state index contributed by atoms with van der Waals surface area (Å²) in [4.78, 5) is 25.7. The van der Waals surface area contributed by atoms with Crippen molar-refractivity contribution in [3.05, 3.63) is 59.6 Å². The van der Waals surface area contributed by atoms with E-state index in [1.165, 1.54) is 25.8 Å². The van der Waals surface area contributed by atoms with Crippen LogP contribution in [0, 0.1) is 6.92 Å². The first-order valence-electron chi connectivity index (χ1n) is 9.65. The molecule has 1 atom stereocenters. The average molecular weight is 381 g/mol. The molecule has 2 N–H and O–H groups in total. The van der Waals surface area contributed by atoms with E-state index in [1.54, 1.807) is 6.08 Å². The summed E-state index contributed by atoms with van der Waals surface area (Å²) in [5.41, 5.74) is 1.62. The van der Waals surface area contributed by atoms with E-state index in [2.05, 4.69) is 15.5 Å². The first kappa shape index (κ1) is 19.9. The van der Waals surface area contributed by atoms with E-state index in [-0.39, 0.29) is 17.9 Å². The summed E-state index contributed by atoms with van der Waals surface area (Å²) >= 11 is 0. The minimum Gasteiger partial charge on any atom is -0.465 e. The van der Waals surface area contributed by atoms with Crippen LogP contribution in [0.3, 0.4) is 0 Å². The van der Waals surface area contributed by atoms with Crippen LogP contribution in [-0.2, 0) is 9.59 Å². The Bertz CT molecular complexity index is 833. The van der Waals surface area contributed by atoms with E-state index >= 15 is 0 Å². The van der Waals surface area contributed by atoms with E-state index in [0.717, 1.165) is 35.9 Å². The molecule has 2 heterocycles. The number of likely N-dealkylation sites (tertiary alicyclic amines) is 1. The second kappa shape index (κ2) is 9.37. The molecule has 1 aromatic carbocycles. The lowest BCUT2D eigenvalue weighted by Gasteiger charge is -2.25. The van der Waals surface area contributed by atoms with Gasteiger partial charge in [-0.05, 0) is 68.8 Å². The molecule has 2 aromatic rings. The Morgan fingerprint density at radius 2 is 1.86 bits per heavy atom. The standard InChI is InChI=1S/C22H27N3O3/c1-16-5-11-21(28-16)20(25-13-3-4-14-25)15-23-22(27)12-8-18-6-9-19(10-7-18)24-17(2)26/h5-12,20H,3-4,13-15H2,1-2H3,(H,23,27)(H,24,26)/b12-8+/t20-/m0/s1. The Morgan fingerprint density at radius 1 is 1.14 bits per heavy atom. The third-order valence-corrected chi connectivity index (χ3v) is 4.80. The summed E-state index contributed by atoms with van der Waals surface area (Å²) in [6.45, 7) is 5.96. The van der Waals surface area contributed by atoms with Crippen LogP contribution in [0.2, 0.25) is 0 Å². The van der Waals surface area contributed by atoms with Crippen LogP contribution in [0.4, 0.5) is 5.69 Å².